The summed E-state index contributed by atoms with van der Waals surface area (Å²) in [5.41, 5.74) is 6.01. The fourth-order valence-electron chi connectivity index (χ4n) is 0.872. The van der Waals surface area contributed by atoms with Crippen LogP contribution >= 0.6 is 11.6 Å². The van der Waals surface area contributed by atoms with Crippen molar-refractivity contribution in [2.45, 2.75) is 0 Å². The SMILES string of the molecule is Nc1noc2ccnc(Cl)c12. The molecule has 2 N–H and O–H groups in total. The summed E-state index contributed by atoms with van der Waals surface area (Å²) in [5, 5.41) is 4.43. The number of nitrogen functional groups attached to an aromatic ring is 1. The van der Waals surface area contributed by atoms with Crippen LogP contribution in [0.3, 0.4) is 0 Å². The van der Waals surface area contributed by atoms with Gasteiger partial charge >= 0.3 is 0 Å². The van der Waals surface area contributed by atoms with Gasteiger partial charge in [0, 0.05) is 12.3 Å². The van der Waals surface area contributed by atoms with E-state index >= 15 is 0 Å². The van der Waals surface area contributed by atoms with Gasteiger partial charge in [-0.05, 0) is 0 Å². The summed E-state index contributed by atoms with van der Waals surface area (Å²) in [5.74, 6) is 0.276. The van der Waals surface area contributed by atoms with Crippen LogP contribution in [0, 0.1) is 0 Å². The van der Waals surface area contributed by atoms with Crippen molar-refractivity contribution in [3.8, 4) is 0 Å². The van der Waals surface area contributed by atoms with Gasteiger partial charge in [-0.2, -0.15) is 0 Å². The predicted octanol–water partition coefficient (Wildman–Crippen LogP) is 1.46. The highest BCUT2D eigenvalue weighted by atomic mass is 35.5. The van der Waals surface area contributed by atoms with Gasteiger partial charge in [-0.15, -0.1) is 0 Å². The second-order valence-electron chi connectivity index (χ2n) is 2.04. The molecule has 11 heavy (non-hydrogen) atoms. The number of aromatic nitrogens is 2. The Kier molecular flexibility index (Phi) is 1.22. The maximum atomic E-state index is 5.71. The van der Waals surface area contributed by atoms with Crippen molar-refractivity contribution in [1.82, 2.24) is 10.1 Å². The van der Waals surface area contributed by atoms with Crippen molar-refractivity contribution in [1.29, 1.82) is 0 Å². The Labute approximate surface area is 66.9 Å². The van der Waals surface area contributed by atoms with Crippen molar-refractivity contribution in [2.75, 3.05) is 5.73 Å². The van der Waals surface area contributed by atoms with Gasteiger partial charge in [0.1, 0.15) is 10.5 Å². The average Bonchev–Trinajstić information content (AvgIpc) is 2.34. The number of rotatable bonds is 0. The maximum absolute atomic E-state index is 5.71. The third-order valence-electron chi connectivity index (χ3n) is 1.36. The monoisotopic (exact) mass is 169 g/mol. The predicted molar refractivity (Wildman–Crippen MR) is 41.2 cm³/mol. The van der Waals surface area contributed by atoms with E-state index in [9.17, 15) is 0 Å². The molecule has 2 aromatic heterocycles. The number of hydrogen-bond acceptors (Lipinski definition) is 4. The van der Waals surface area contributed by atoms with E-state index in [1.807, 2.05) is 0 Å². The van der Waals surface area contributed by atoms with E-state index in [2.05, 4.69) is 10.1 Å². The van der Waals surface area contributed by atoms with Crippen molar-refractivity contribution < 1.29 is 4.52 Å². The van der Waals surface area contributed by atoms with E-state index in [1.54, 1.807) is 6.07 Å². The maximum Gasteiger partial charge on any atom is 0.177 e. The first-order valence-electron chi connectivity index (χ1n) is 2.94. The van der Waals surface area contributed by atoms with Crippen LogP contribution in [0.2, 0.25) is 5.15 Å². The van der Waals surface area contributed by atoms with Gasteiger partial charge in [-0.3, -0.25) is 0 Å². The first-order valence-corrected chi connectivity index (χ1v) is 3.32. The molecule has 0 amide bonds. The molecule has 0 bridgehead atoms. The Morgan fingerprint density at radius 1 is 1.55 bits per heavy atom. The fourth-order valence-corrected chi connectivity index (χ4v) is 1.12. The largest absolute Gasteiger partial charge is 0.380 e. The number of fused-ring (bicyclic) bond motifs is 1. The molecular formula is C6H4ClN3O. The molecule has 0 atom stereocenters. The summed E-state index contributed by atoms with van der Waals surface area (Å²) in [7, 11) is 0. The number of nitrogens with zero attached hydrogens (tertiary/aromatic N) is 2. The average molecular weight is 170 g/mol. The molecule has 2 rings (SSSR count). The molecule has 0 saturated heterocycles. The van der Waals surface area contributed by atoms with Gasteiger partial charge in [0.25, 0.3) is 0 Å². The quantitative estimate of drug-likeness (QED) is 0.607. The normalized spacial score (nSPS) is 10.6. The van der Waals surface area contributed by atoms with Crippen LogP contribution in [0.1, 0.15) is 0 Å². The van der Waals surface area contributed by atoms with Crippen LogP contribution in [-0.2, 0) is 0 Å². The molecule has 0 fully saturated rings. The standard InChI is InChI=1S/C6H4ClN3O/c7-5-4-3(1-2-9-5)11-10-6(4)8/h1-2H,(H2,8,10). The summed E-state index contributed by atoms with van der Waals surface area (Å²) >= 11 is 5.71. The van der Waals surface area contributed by atoms with Crippen LogP contribution in [0.25, 0.3) is 11.0 Å². The lowest BCUT2D eigenvalue weighted by Gasteiger charge is -1.88. The highest BCUT2D eigenvalue weighted by molar-refractivity contribution is 6.34. The highest BCUT2D eigenvalue weighted by Crippen LogP contribution is 2.25. The Bertz CT molecular complexity index is 398. The van der Waals surface area contributed by atoms with Gasteiger partial charge in [0.15, 0.2) is 11.4 Å². The minimum atomic E-state index is 0.276. The molecule has 0 unspecified atom stereocenters. The van der Waals surface area contributed by atoms with Gasteiger partial charge < -0.3 is 10.3 Å². The smallest absolute Gasteiger partial charge is 0.177 e. The van der Waals surface area contributed by atoms with Crippen molar-refractivity contribution in [2.24, 2.45) is 0 Å². The topological polar surface area (TPSA) is 64.9 Å². The second-order valence-corrected chi connectivity index (χ2v) is 2.40. The van der Waals surface area contributed by atoms with E-state index < -0.39 is 0 Å². The van der Waals surface area contributed by atoms with E-state index in [-0.39, 0.29) is 5.82 Å². The van der Waals surface area contributed by atoms with Crippen LogP contribution in [0.5, 0.6) is 0 Å². The second kappa shape index (κ2) is 2.10. The van der Waals surface area contributed by atoms with Crippen LogP contribution < -0.4 is 5.73 Å². The Morgan fingerprint density at radius 3 is 3.09 bits per heavy atom. The van der Waals surface area contributed by atoms with E-state index in [0.717, 1.165) is 0 Å². The highest BCUT2D eigenvalue weighted by Gasteiger charge is 2.08. The van der Waals surface area contributed by atoms with Crippen LogP contribution in [0.15, 0.2) is 16.8 Å². The Morgan fingerprint density at radius 2 is 2.36 bits per heavy atom. The molecule has 0 aliphatic carbocycles. The third-order valence-corrected chi connectivity index (χ3v) is 1.65. The lowest BCUT2D eigenvalue weighted by atomic mass is 10.3. The zero-order valence-electron chi connectivity index (χ0n) is 5.41. The Balaban J connectivity index is 2.96. The molecule has 4 nitrogen and oxygen atoms in total. The fraction of sp³-hybridized carbons (Fsp3) is 0. The van der Waals surface area contributed by atoms with Gasteiger partial charge in [0.05, 0.1) is 0 Å². The number of halogens is 1. The molecule has 56 valence electrons. The molecule has 0 aliphatic heterocycles. The third kappa shape index (κ3) is 0.832. The molecule has 2 aromatic rings. The number of pyridine rings is 1. The molecule has 0 aromatic carbocycles. The van der Waals surface area contributed by atoms with Crippen molar-refractivity contribution >= 4 is 28.4 Å². The molecule has 0 aliphatic rings. The van der Waals surface area contributed by atoms with E-state index in [0.29, 0.717) is 16.1 Å². The number of anilines is 1. The van der Waals surface area contributed by atoms with Crippen LogP contribution in [0.4, 0.5) is 5.82 Å². The molecule has 0 saturated carbocycles. The van der Waals surface area contributed by atoms with E-state index in [4.69, 9.17) is 21.9 Å². The van der Waals surface area contributed by atoms with Crippen molar-refractivity contribution in [3.05, 3.63) is 17.4 Å². The number of nitrogens with two attached hydrogens (primary N) is 1. The minimum absolute atomic E-state index is 0.276. The van der Waals surface area contributed by atoms with Crippen molar-refractivity contribution in [3.63, 3.8) is 0 Å². The van der Waals surface area contributed by atoms with E-state index in [1.165, 1.54) is 6.20 Å². The van der Waals surface area contributed by atoms with Gasteiger partial charge in [-0.1, -0.05) is 16.8 Å². The van der Waals surface area contributed by atoms with Gasteiger partial charge in [0.2, 0.25) is 0 Å². The molecular weight excluding hydrogens is 166 g/mol. The molecule has 2 heterocycles. The zero-order valence-corrected chi connectivity index (χ0v) is 6.17. The first-order chi connectivity index (χ1) is 5.29. The lowest BCUT2D eigenvalue weighted by Crippen LogP contribution is -1.84. The first kappa shape index (κ1) is 6.42. The molecule has 5 heteroatoms. The number of hydrogen-bond donors (Lipinski definition) is 1. The zero-order chi connectivity index (χ0) is 7.84. The van der Waals surface area contributed by atoms with Gasteiger partial charge in [-0.25, -0.2) is 4.98 Å². The Hall–Kier alpha value is -1.29. The molecule has 0 radical (unpaired) electrons. The van der Waals surface area contributed by atoms with Crippen LogP contribution in [-0.4, -0.2) is 10.1 Å². The lowest BCUT2D eigenvalue weighted by molar-refractivity contribution is 0.460. The summed E-state index contributed by atoms with van der Waals surface area (Å²) in [6.07, 6.45) is 1.54. The summed E-state index contributed by atoms with van der Waals surface area (Å²) in [4.78, 5) is 3.83. The summed E-state index contributed by atoms with van der Waals surface area (Å²) in [6, 6.07) is 1.66. The summed E-state index contributed by atoms with van der Waals surface area (Å²) < 4.78 is 4.83. The summed E-state index contributed by atoms with van der Waals surface area (Å²) in [6.45, 7) is 0. The minimum Gasteiger partial charge on any atom is -0.380 e. The molecule has 0 spiro atoms.